The fourth-order valence-corrected chi connectivity index (χ4v) is 0. The molecule has 0 aromatic heterocycles. The third kappa shape index (κ3) is 17.8. The molecule has 0 aromatic rings. The van der Waals surface area contributed by atoms with Crippen LogP contribution >= 0.6 is 8.60 Å². The zero-order valence-corrected chi connectivity index (χ0v) is 9.57. The summed E-state index contributed by atoms with van der Waals surface area (Å²) in [5, 5.41) is 0. The van der Waals surface area contributed by atoms with Gasteiger partial charge in [-0.15, -0.1) is 0 Å². The Kier molecular flexibility index (Phi) is 25.7. The van der Waals surface area contributed by atoms with Crippen LogP contribution in [-0.4, -0.2) is 7.11 Å². The van der Waals surface area contributed by atoms with Crippen molar-refractivity contribution in [3.63, 3.8) is 0 Å². The van der Waals surface area contributed by atoms with Gasteiger partial charge in [-0.3, -0.25) is 0 Å². The topological polar surface area (TPSA) is 55.3 Å². The first-order valence-corrected chi connectivity index (χ1v) is 2.05. The monoisotopic (exact) mass is 140 g/mol. The third-order valence-corrected chi connectivity index (χ3v) is 0.447. The Balaban J connectivity index is -0.0000000800. The first-order valence-electron chi connectivity index (χ1n) is 0.956. The first-order chi connectivity index (χ1) is 2.27. The van der Waals surface area contributed by atoms with Crippen LogP contribution in [0.25, 0.3) is 0 Å². The Morgan fingerprint density at radius 3 is 1.43 bits per heavy atom. The molecule has 3 nitrogen and oxygen atoms in total. The maximum absolute atomic E-state index is 9.18. The minimum Gasteiger partial charge on any atom is -0.820 e. The summed E-state index contributed by atoms with van der Waals surface area (Å²) in [6, 6.07) is 0. The summed E-state index contributed by atoms with van der Waals surface area (Å²) in [4.78, 5) is 18.4. The van der Waals surface area contributed by atoms with Gasteiger partial charge in [-0.1, -0.05) is 0 Å². The van der Waals surface area contributed by atoms with Gasteiger partial charge < -0.3 is 14.3 Å². The second-order valence-corrected chi connectivity index (χ2v) is 1.22. The summed E-state index contributed by atoms with van der Waals surface area (Å²) in [6.07, 6.45) is 0. The Labute approximate surface area is 88.0 Å². The largest absolute Gasteiger partial charge is 1.00 e. The summed E-state index contributed by atoms with van der Waals surface area (Å²) in [5.41, 5.74) is 0. The van der Waals surface area contributed by atoms with Crippen molar-refractivity contribution in [2.45, 2.75) is 0 Å². The molecule has 0 fully saturated rings. The maximum Gasteiger partial charge on any atom is 1.00 e. The SMILES string of the molecule is COP([O-])[O-].[Na+].[Na+]. The van der Waals surface area contributed by atoms with Gasteiger partial charge in [-0.2, -0.15) is 8.60 Å². The molecule has 0 heterocycles. The van der Waals surface area contributed by atoms with E-state index in [1.807, 2.05) is 0 Å². The van der Waals surface area contributed by atoms with E-state index in [4.69, 9.17) is 0 Å². The molecule has 7 heavy (non-hydrogen) atoms. The van der Waals surface area contributed by atoms with Gasteiger partial charge in [0.1, 0.15) is 0 Å². The first kappa shape index (κ1) is 16.1. The average molecular weight is 140 g/mol. The van der Waals surface area contributed by atoms with Gasteiger partial charge in [0.2, 0.25) is 0 Å². The average Bonchev–Trinajstić information content (AvgIpc) is 1.38. The molecule has 0 saturated carbocycles. The Bertz CT molecular complexity index is 26.9. The van der Waals surface area contributed by atoms with Crippen LogP contribution in [0.15, 0.2) is 0 Å². The summed E-state index contributed by atoms with van der Waals surface area (Å²) in [7, 11) is -1.50. The van der Waals surface area contributed by atoms with E-state index in [-0.39, 0.29) is 59.1 Å². The molecule has 0 N–H and O–H groups in total. The van der Waals surface area contributed by atoms with Crippen molar-refractivity contribution in [2.24, 2.45) is 0 Å². The van der Waals surface area contributed by atoms with Crippen LogP contribution in [0.4, 0.5) is 0 Å². The van der Waals surface area contributed by atoms with E-state index >= 15 is 0 Å². The van der Waals surface area contributed by atoms with Gasteiger partial charge in [0.25, 0.3) is 0 Å². The van der Waals surface area contributed by atoms with E-state index in [1.165, 1.54) is 0 Å². The van der Waals surface area contributed by atoms with Crippen LogP contribution in [0.2, 0.25) is 0 Å². The molecule has 0 bridgehead atoms. The summed E-state index contributed by atoms with van der Waals surface area (Å²) in [6.45, 7) is 0. The van der Waals surface area contributed by atoms with Crippen molar-refractivity contribution in [1.82, 2.24) is 0 Å². The standard InChI is InChI=1S/CH3O3P.2Na/c1-4-5(2)3;;/h1H3;;/q-2;2*+1. The predicted molar refractivity (Wildman–Crippen MR) is 13.9 cm³/mol. The van der Waals surface area contributed by atoms with E-state index < -0.39 is 8.60 Å². The molecule has 0 aliphatic rings. The smallest absolute Gasteiger partial charge is 0.820 e. The molecule has 0 aromatic carbocycles. The van der Waals surface area contributed by atoms with Crippen LogP contribution in [-0.2, 0) is 4.52 Å². The molecule has 0 aliphatic heterocycles. The summed E-state index contributed by atoms with van der Waals surface area (Å²) in [5.74, 6) is 0. The van der Waals surface area contributed by atoms with Gasteiger partial charge in [-0.25, -0.2) is 0 Å². The second kappa shape index (κ2) is 11.2. The quantitative estimate of drug-likeness (QED) is 0.268. The zero-order valence-electron chi connectivity index (χ0n) is 4.67. The van der Waals surface area contributed by atoms with Crippen molar-refractivity contribution >= 4 is 8.60 Å². The van der Waals surface area contributed by atoms with E-state index in [9.17, 15) is 9.79 Å². The molecule has 32 valence electrons. The Hall–Kier alpha value is 2.31. The number of rotatable bonds is 1. The Morgan fingerprint density at radius 1 is 1.29 bits per heavy atom. The van der Waals surface area contributed by atoms with Crippen LogP contribution in [0.5, 0.6) is 0 Å². The predicted octanol–water partition coefficient (Wildman–Crippen LogP) is -7.41. The zero-order chi connectivity index (χ0) is 4.28. The summed E-state index contributed by atoms with van der Waals surface area (Å²) >= 11 is 0. The molecule has 0 atom stereocenters. The minimum absolute atomic E-state index is 0. The van der Waals surface area contributed by atoms with Crippen LogP contribution in [0.1, 0.15) is 0 Å². The van der Waals surface area contributed by atoms with Gasteiger partial charge >= 0.3 is 59.1 Å². The van der Waals surface area contributed by atoms with Crippen LogP contribution in [0.3, 0.4) is 0 Å². The summed E-state index contributed by atoms with van der Waals surface area (Å²) < 4.78 is 3.70. The minimum atomic E-state index is -2.60. The molecule has 0 saturated heterocycles. The normalized spacial score (nSPS) is 6.86. The van der Waals surface area contributed by atoms with Crippen molar-refractivity contribution in [2.75, 3.05) is 7.11 Å². The maximum atomic E-state index is 9.18. The van der Waals surface area contributed by atoms with E-state index in [0.717, 1.165) is 7.11 Å². The molecular formula is CH3Na2O3P. The van der Waals surface area contributed by atoms with Gasteiger partial charge in [0.15, 0.2) is 0 Å². The van der Waals surface area contributed by atoms with Crippen LogP contribution < -0.4 is 68.9 Å². The molecule has 6 heteroatoms. The molecule has 0 aliphatic carbocycles. The molecule has 0 radical (unpaired) electrons. The number of hydrogen-bond acceptors (Lipinski definition) is 3. The van der Waals surface area contributed by atoms with E-state index in [2.05, 4.69) is 4.52 Å². The van der Waals surface area contributed by atoms with E-state index in [1.54, 1.807) is 0 Å². The van der Waals surface area contributed by atoms with Crippen molar-refractivity contribution in [1.29, 1.82) is 0 Å². The van der Waals surface area contributed by atoms with Gasteiger partial charge in [0.05, 0.1) is 0 Å². The molecule has 0 amide bonds. The van der Waals surface area contributed by atoms with E-state index in [0.29, 0.717) is 0 Å². The van der Waals surface area contributed by atoms with Gasteiger partial charge in [-0.05, 0) is 0 Å². The Morgan fingerprint density at radius 2 is 1.43 bits per heavy atom. The van der Waals surface area contributed by atoms with Crippen LogP contribution in [0, 0.1) is 0 Å². The molecule has 0 spiro atoms. The van der Waals surface area contributed by atoms with Gasteiger partial charge in [0, 0.05) is 7.11 Å². The van der Waals surface area contributed by atoms with Crippen molar-refractivity contribution in [3.8, 4) is 0 Å². The third-order valence-electron chi connectivity index (χ3n) is 0.149. The number of hydrogen-bond donors (Lipinski definition) is 0. The second-order valence-electron chi connectivity index (χ2n) is 0.406. The molecule has 0 unspecified atom stereocenters. The van der Waals surface area contributed by atoms with Crippen molar-refractivity contribution in [3.05, 3.63) is 0 Å². The molecular weight excluding hydrogens is 137 g/mol. The fourth-order valence-electron chi connectivity index (χ4n) is 0. The fraction of sp³-hybridized carbons (Fsp3) is 1.00. The van der Waals surface area contributed by atoms with Crippen molar-refractivity contribution < 1.29 is 73.4 Å². The molecule has 0 rings (SSSR count).